The van der Waals surface area contributed by atoms with Crippen LogP contribution in [-0.2, 0) is 9.59 Å². The van der Waals surface area contributed by atoms with Crippen molar-refractivity contribution in [2.75, 3.05) is 0 Å². The maximum absolute atomic E-state index is 10.4. The smallest absolute Gasteiger partial charge is 0.303 e. The molecule has 1 unspecified atom stereocenters. The second kappa shape index (κ2) is 3.51. The van der Waals surface area contributed by atoms with Gasteiger partial charge in [-0.2, -0.15) is 0 Å². The fraction of sp³-hybridized carbons (Fsp3) is 0.750. The molecule has 3 heteroatoms. The first kappa shape index (κ1) is 8.24. The number of hydrogen-bond donors (Lipinski definition) is 1. The highest BCUT2D eigenvalue weighted by Gasteiger charge is 2.28. The van der Waals surface area contributed by atoms with Gasteiger partial charge < -0.3 is 9.90 Å². The Labute approximate surface area is 65.4 Å². The van der Waals surface area contributed by atoms with Gasteiger partial charge in [0.05, 0.1) is 0 Å². The van der Waals surface area contributed by atoms with E-state index < -0.39 is 5.97 Å². The topological polar surface area (TPSA) is 54.4 Å². The normalized spacial score (nSPS) is 30.2. The SMILES string of the molecule is O=C[C@@H]1CCCC1CC(=O)O. The summed E-state index contributed by atoms with van der Waals surface area (Å²) in [5.41, 5.74) is 0. The molecule has 11 heavy (non-hydrogen) atoms. The van der Waals surface area contributed by atoms with Crippen molar-refractivity contribution in [2.45, 2.75) is 25.7 Å². The van der Waals surface area contributed by atoms with Crippen molar-refractivity contribution >= 4 is 12.3 Å². The summed E-state index contributed by atoms with van der Waals surface area (Å²) in [7, 11) is 0. The highest BCUT2D eigenvalue weighted by atomic mass is 16.4. The van der Waals surface area contributed by atoms with E-state index in [0.29, 0.717) is 0 Å². The Morgan fingerprint density at radius 3 is 2.82 bits per heavy atom. The lowest BCUT2D eigenvalue weighted by Crippen LogP contribution is -2.13. The number of carboxylic acid groups (broad SMARTS) is 1. The first-order chi connectivity index (χ1) is 5.24. The molecule has 0 heterocycles. The van der Waals surface area contributed by atoms with Gasteiger partial charge in [-0.05, 0) is 18.8 Å². The summed E-state index contributed by atoms with van der Waals surface area (Å²) in [5, 5.41) is 8.47. The molecule has 62 valence electrons. The lowest BCUT2D eigenvalue weighted by Gasteiger charge is -2.09. The average molecular weight is 156 g/mol. The zero-order valence-corrected chi connectivity index (χ0v) is 6.32. The van der Waals surface area contributed by atoms with Crippen molar-refractivity contribution < 1.29 is 14.7 Å². The van der Waals surface area contributed by atoms with Crippen molar-refractivity contribution in [2.24, 2.45) is 11.8 Å². The van der Waals surface area contributed by atoms with Gasteiger partial charge in [0.1, 0.15) is 6.29 Å². The van der Waals surface area contributed by atoms with Gasteiger partial charge in [0.15, 0.2) is 0 Å². The summed E-state index contributed by atoms with van der Waals surface area (Å²) < 4.78 is 0. The van der Waals surface area contributed by atoms with Crippen LogP contribution < -0.4 is 0 Å². The lowest BCUT2D eigenvalue weighted by molar-refractivity contribution is -0.138. The average Bonchev–Trinajstić information content (AvgIpc) is 2.34. The molecule has 0 aromatic rings. The van der Waals surface area contributed by atoms with Crippen molar-refractivity contribution in [3.63, 3.8) is 0 Å². The van der Waals surface area contributed by atoms with Crippen LogP contribution in [0.1, 0.15) is 25.7 Å². The molecule has 0 spiro atoms. The predicted molar refractivity (Wildman–Crippen MR) is 39.1 cm³/mol. The van der Waals surface area contributed by atoms with Crippen LogP contribution in [0, 0.1) is 11.8 Å². The monoisotopic (exact) mass is 156 g/mol. The Balaban J connectivity index is 2.43. The first-order valence-electron chi connectivity index (χ1n) is 3.91. The molecule has 0 bridgehead atoms. The lowest BCUT2D eigenvalue weighted by atomic mass is 9.94. The molecule has 3 nitrogen and oxygen atoms in total. The molecule has 0 aromatic carbocycles. The molecule has 2 atom stereocenters. The third-order valence-electron chi connectivity index (χ3n) is 2.33. The van der Waals surface area contributed by atoms with E-state index >= 15 is 0 Å². The van der Waals surface area contributed by atoms with E-state index in [4.69, 9.17) is 5.11 Å². The third kappa shape index (κ3) is 2.03. The summed E-state index contributed by atoms with van der Waals surface area (Å²) in [5.74, 6) is -0.681. The number of hydrogen-bond acceptors (Lipinski definition) is 2. The van der Waals surface area contributed by atoms with Crippen molar-refractivity contribution in [3.8, 4) is 0 Å². The summed E-state index contributed by atoms with van der Waals surface area (Å²) in [4.78, 5) is 20.7. The quantitative estimate of drug-likeness (QED) is 0.622. The van der Waals surface area contributed by atoms with E-state index in [1.165, 1.54) is 0 Å². The number of aliphatic carboxylic acids is 1. The molecule has 0 radical (unpaired) electrons. The van der Waals surface area contributed by atoms with Gasteiger partial charge in [0.25, 0.3) is 0 Å². The van der Waals surface area contributed by atoms with E-state index in [1.807, 2.05) is 0 Å². The molecule has 1 aliphatic rings. The van der Waals surface area contributed by atoms with Crippen LogP contribution in [-0.4, -0.2) is 17.4 Å². The van der Waals surface area contributed by atoms with Crippen LogP contribution in [0.5, 0.6) is 0 Å². The Morgan fingerprint density at radius 2 is 2.27 bits per heavy atom. The molecular formula is C8H12O3. The molecule has 0 aromatic heterocycles. The fourth-order valence-electron chi connectivity index (χ4n) is 1.72. The van der Waals surface area contributed by atoms with Gasteiger partial charge in [0.2, 0.25) is 0 Å². The predicted octanol–water partition coefficient (Wildman–Crippen LogP) is 1.08. The van der Waals surface area contributed by atoms with E-state index in [1.54, 1.807) is 0 Å². The minimum absolute atomic E-state index is 0.00565. The standard InChI is InChI=1S/C8H12O3/c9-5-7-3-1-2-6(7)4-8(10)11/h5-7H,1-4H2,(H,10,11)/t6?,7-/m0/s1. The minimum Gasteiger partial charge on any atom is -0.481 e. The summed E-state index contributed by atoms with van der Waals surface area (Å²) >= 11 is 0. The van der Waals surface area contributed by atoms with Gasteiger partial charge in [-0.1, -0.05) is 6.42 Å². The summed E-state index contributed by atoms with van der Waals surface area (Å²) in [6.07, 6.45) is 3.84. The van der Waals surface area contributed by atoms with Gasteiger partial charge >= 0.3 is 5.97 Å². The van der Waals surface area contributed by atoms with Gasteiger partial charge in [-0.25, -0.2) is 0 Å². The molecule has 0 saturated heterocycles. The molecule has 1 saturated carbocycles. The first-order valence-corrected chi connectivity index (χ1v) is 3.91. The number of aldehydes is 1. The number of carboxylic acids is 1. The number of carbonyl (C=O) groups excluding carboxylic acids is 1. The number of carbonyl (C=O) groups is 2. The highest BCUT2D eigenvalue weighted by Crippen LogP contribution is 2.32. The van der Waals surface area contributed by atoms with E-state index in [2.05, 4.69) is 0 Å². The highest BCUT2D eigenvalue weighted by molar-refractivity contribution is 5.68. The Morgan fingerprint density at radius 1 is 1.55 bits per heavy atom. The summed E-state index contributed by atoms with van der Waals surface area (Å²) in [6.45, 7) is 0. The van der Waals surface area contributed by atoms with Crippen LogP contribution >= 0.6 is 0 Å². The Hall–Kier alpha value is -0.860. The fourth-order valence-corrected chi connectivity index (χ4v) is 1.72. The Kier molecular flexibility index (Phi) is 2.63. The third-order valence-corrected chi connectivity index (χ3v) is 2.33. The second-order valence-corrected chi connectivity index (χ2v) is 3.09. The van der Waals surface area contributed by atoms with Crippen LogP contribution in [0.4, 0.5) is 0 Å². The molecule has 1 fully saturated rings. The molecule has 1 aliphatic carbocycles. The van der Waals surface area contributed by atoms with Crippen molar-refractivity contribution in [3.05, 3.63) is 0 Å². The van der Waals surface area contributed by atoms with Crippen LogP contribution in [0.15, 0.2) is 0 Å². The van der Waals surface area contributed by atoms with Crippen LogP contribution in [0.25, 0.3) is 0 Å². The Bertz CT molecular complexity index is 165. The van der Waals surface area contributed by atoms with E-state index in [0.717, 1.165) is 25.5 Å². The van der Waals surface area contributed by atoms with Gasteiger partial charge in [-0.3, -0.25) is 4.79 Å². The van der Waals surface area contributed by atoms with Crippen LogP contribution in [0.2, 0.25) is 0 Å². The molecule has 1 N–H and O–H groups in total. The molecule has 0 amide bonds. The molecule has 0 aliphatic heterocycles. The number of rotatable bonds is 3. The van der Waals surface area contributed by atoms with E-state index in [-0.39, 0.29) is 18.3 Å². The van der Waals surface area contributed by atoms with Gasteiger partial charge in [-0.15, -0.1) is 0 Å². The zero-order chi connectivity index (χ0) is 8.27. The van der Waals surface area contributed by atoms with Crippen molar-refractivity contribution in [1.82, 2.24) is 0 Å². The molecular weight excluding hydrogens is 144 g/mol. The largest absolute Gasteiger partial charge is 0.481 e. The second-order valence-electron chi connectivity index (χ2n) is 3.09. The van der Waals surface area contributed by atoms with E-state index in [9.17, 15) is 9.59 Å². The van der Waals surface area contributed by atoms with Gasteiger partial charge in [0, 0.05) is 12.3 Å². The van der Waals surface area contributed by atoms with Crippen molar-refractivity contribution in [1.29, 1.82) is 0 Å². The maximum Gasteiger partial charge on any atom is 0.303 e. The zero-order valence-electron chi connectivity index (χ0n) is 6.32. The molecule has 1 rings (SSSR count). The summed E-state index contributed by atoms with van der Waals surface area (Å²) in [6, 6.07) is 0. The van der Waals surface area contributed by atoms with Crippen LogP contribution in [0.3, 0.4) is 0 Å². The maximum atomic E-state index is 10.4. The minimum atomic E-state index is -0.788.